The molecule has 1 saturated heterocycles. The molecule has 2 atom stereocenters. The molecule has 0 spiro atoms. The lowest BCUT2D eigenvalue weighted by molar-refractivity contribution is -0.148. The Kier molecular flexibility index (Phi) is 3.33. The molecule has 2 unspecified atom stereocenters. The van der Waals surface area contributed by atoms with E-state index >= 15 is 0 Å². The van der Waals surface area contributed by atoms with Crippen LogP contribution in [-0.2, 0) is 16.0 Å². The average Bonchev–Trinajstić information content (AvgIpc) is 3.04. The van der Waals surface area contributed by atoms with Gasteiger partial charge in [0.15, 0.2) is 0 Å². The van der Waals surface area contributed by atoms with Crippen LogP contribution in [0.25, 0.3) is 0 Å². The predicted octanol–water partition coefficient (Wildman–Crippen LogP) is 1.25. The molecular formula is C15H18N2O4. The zero-order valence-electron chi connectivity index (χ0n) is 11.8. The number of hydrogen-bond acceptors (Lipinski definition) is 3. The molecule has 0 radical (unpaired) electrons. The highest BCUT2D eigenvalue weighted by atomic mass is 16.5. The summed E-state index contributed by atoms with van der Waals surface area (Å²) in [5, 5.41) is 12.1. The zero-order chi connectivity index (χ0) is 15.0. The minimum Gasteiger partial charge on any atom is -0.481 e. The van der Waals surface area contributed by atoms with Crippen LogP contribution < -0.4 is 10.2 Å². The van der Waals surface area contributed by atoms with Gasteiger partial charge in [-0.3, -0.25) is 9.69 Å². The van der Waals surface area contributed by atoms with Gasteiger partial charge < -0.3 is 15.2 Å². The molecule has 0 aliphatic carbocycles. The summed E-state index contributed by atoms with van der Waals surface area (Å²) in [6.07, 6.45) is 0.820. The average molecular weight is 290 g/mol. The molecule has 21 heavy (non-hydrogen) atoms. The van der Waals surface area contributed by atoms with Gasteiger partial charge in [-0.05, 0) is 25.0 Å². The van der Waals surface area contributed by atoms with E-state index in [0.29, 0.717) is 6.54 Å². The molecule has 1 aromatic carbocycles. The number of urea groups is 1. The summed E-state index contributed by atoms with van der Waals surface area (Å²) in [7, 11) is 0. The fraction of sp³-hybridized carbons (Fsp3) is 0.467. The van der Waals surface area contributed by atoms with E-state index in [1.807, 2.05) is 24.3 Å². The van der Waals surface area contributed by atoms with Crippen LogP contribution in [0.15, 0.2) is 24.3 Å². The van der Waals surface area contributed by atoms with E-state index in [0.717, 1.165) is 17.7 Å². The SMILES string of the molecule is CC1(C(=O)O)COCC1NC(=O)N1CCc2ccccc21. The highest BCUT2D eigenvalue weighted by Crippen LogP contribution is 2.31. The second-order valence-corrected chi connectivity index (χ2v) is 5.77. The van der Waals surface area contributed by atoms with E-state index in [1.165, 1.54) is 0 Å². The molecule has 2 amide bonds. The summed E-state index contributed by atoms with van der Waals surface area (Å²) in [4.78, 5) is 25.5. The molecule has 112 valence electrons. The van der Waals surface area contributed by atoms with Crippen molar-refractivity contribution in [1.29, 1.82) is 0 Å². The number of hydrogen-bond donors (Lipinski definition) is 2. The minimum atomic E-state index is -1.07. The summed E-state index contributed by atoms with van der Waals surface area (Å²) in [6.45, 7) is 2.56. The van der Waals surface area contributed by atoms with E-state index in [2.05, 4.69) is 5.32 Å². The quantitative estimate of drug-likeness (QED) is 0.859. The van der Waals surface area contributed by atoms with Gasteiger partial charge in [0.2, 0.25) is 0 Å². The van der Waals surface area contributed by atoms with Crippen molar-refractivity contribution >= 4 is 17.7 Å². The third-order valence-corrected chi connectivity index (χ3v) is 4.37. The van der Waals surface area contributed by atoms with Crippen molar-refractivity contribution in [1.82, 2.24) is 5.32 Å². The number of nitrogens with zero attached hydrogens (tertiary/aromatic N) is 1. The lowest BCUT2D eigenvalue weighted by atomic mass is 9.85. The smallest absolute Gasteiger partial charge is 0.322 e. The molecule has 1 fully saturated rings. The number of fused-ring (bicyclic) bond motifs is 1. The normalized spacial score (nSPS) is 27.5. The number of anilines is 1. The predicted molar refractivity (Wildman–Crippen MR) is 76.4 cm³/mol. The van der Waals surface area contributed by atoms with Gasteiger partial charge in [-0.2, -0.15) is 0 Å². The van der Waals surface area contributed by atoms with Crippen molar-refractivity contribution in [2.45, 2.75) is 19.4 Å². The zero-order valence-corrected chi connectivity index (χ0v) is 11.8. The summed E-state index contributed by atoms with van der Waals surface area (Å²) >= 11 is 0. The van der Waals surface area contributed by atoms with Gasteiger partial charge in [0.25, 0.3) is 0 Å². The van der Waals surface area contributed by atoms with Crippen molar-refractivity contribution in [2.75, 3.05) is 24.7 Å². The molecule has 6 nitrogen and oxygen atoms in total. The number of ether oxygens (including phenoxy) is 1. The van der Waals surface area contributed by atoms with Crippen LogP contribution in [0.3, 0.4) is 0 Å². The Balaban J connectivity index is 1.75. The molecule has 0 saturated carbocycles. The Morgan fingerprint density at radius 1 is 1.43 bits per heavy atom. The molecule has 2 heterocycles. The largest absolute Gasteiger partial charge is 0.481 e. The summed E-state index contributed by atoms with van der Waals surface area (Å²) < 4.78 is 5.25. The first kappa shape index (κ1) is 13.9. The Bertz CT molecular complexity index is 589. The van der Waals surface area contributed by atoms with Gasteiger partial charge in [-0.1, -0.05) is 18.2 Å². The van der Waals surface area contributed by atoms with E-state index in [4.69, 9.17) is 4.74 Å². The van der Waals surface area contributed by atoms with Gasteiger partial charge in [0.05, 0.1) is 19.3 Å². The van der Waals surface area contributed by atoms with Gasteiger partial charge >= 0.3 is 12.0 Å². The third kappa shape index (κ3) is 2.25. The maximum absolute atomic E-state index is 12.4. The first-order valence-electron chi connectivity index (χ1n) is 6.99. The van der Waals surface area contributed by atoms with Crippen LogP contribution in [0.1, 0.15) is 12.5 Å². The highest BCUT2D eigenvalue weighted by molar-refractivity contribution is 5.94. The maximum Gasteiger partial charge on any atom is 0.322 e. The number of para-hydroxylation sites is 1. The van der Waals surface area contributed by atoms with E-state index in [-0.39, 0.29) is 19.2 Å². The summed E-state index contributed by atoms with van der Waals surface area (Å²) in [6, 6.07) is 6.97. The molecule has 3 rings (SSSR count). The molecule has 2 aliphatic rings. The highest BCUT2D eigenvalue weighted by Gasteiger charge is 2.48. The number of carbonyl (C=O) groups excluding carboxylic acids is 1. The molecule has 0 bridgehead atoms. The number of carbonyl (C=O) groups is 2. The van der Waals surface area contributed by atoms with Gasteiger partial charge in [-0.25, -0.2) is 4.79 Å². The van der Waals surface area contributed by atoms with Crippen LogP contribution in [0.5, 0.6) is 0 Å². The minimum absolute atomic E-state index is 0.115. The van der Waals surface area contributed by atoms with Crippen molar-refractivity contribution in [3.63, 3.8) is 0 Å². The summed E-state index contributed by atoms with van der Waals surface area (Å²) in [5.74, 6) is -0.952. The number of nitrogens with one attached hydrogen (secondary N) is 1. The molecule has 2 N–H and O–H groups in total. The number of carboxylic acid groups (broad SMARTS) is 1. The van der Waals surface area contributed by atoms with E-state index < -0.39 is 17.4 Å². The number of benzene rings is 1. The molecular weight excluding hydrogens is 272 g/mol. The second-order valence-electron chi connectivity index (χ2n) is 5.77. The molecule has 0 aromatic heterocycles. The van der Waals surface area contributed by atoms with Crippen LogP contribution >= 0.6 is 0 Å². The standard InChI is InChI=1S/C15H18N2O4/c1-15(13(18)19)9-21-8-12(15)16-14(20)17-7-6-10-4-2-3-5-11(10)17/h2-5,12H,6-9H2,1H3,(H,16,20)(H,18,19). The van der Waals surface area contributed by atoms with Gasteiger partial charge in [0.1, 0.15) is 5.41 Å². The fourth-order valence-electron chi connectivity index (χ4n) is 2.86. The second kappa shape index (κ2) is 5.04. The topological polar surface area (TPSA) is 78.9 Å². The monoisotopic (exact) mass is 290 g/mol. The van der Waals surface area contributed by atoms with Crippen molar-refractivity contribution in [3.05, 3.63) is 29.8 Å². The maximum atomic E-state index is 12.4. The number of rotatable bonds is 2. The molecule has 2 aliphatic heterocycles. The number of carboxylic acids is 1. The number of amides is 2. The van der Waals surface area contributed by atoms with Crippen LogP contribution in [0.2, 0.25) is 0 Å². The third-order valence-electron chi connectivity index (χ3n) is 4.37. The van der Waals surface area contributed by atoms with Crippen molar-refractivity contribution in [3.8, 4) is 0 Å². The van der Waals surface area contributed by atoms with Crippen molar-refractivity contribution < 1.29 is 19.4 Å². The lowest BCUT2D eigenvalue weighted by Crippen LogP contribution is -2.53. The van der Waals surface area contributed by atoms with E-state index in [9.17, 15) is 14.7 Å². The Hall–Kier alpha value is -2.08. The van der Waals surface area contributed by atoms with Crippen LogP contribution in [-0.4, -0.2) is 42.9 Å². The van der Waals surface area contributed by atoms with Gasteiger partial charge in [0, 0.05) is 12.2 Å². The fourth-order valence-corrected chi connectivity index (χ4v) is 2.86. The first-order valence-corrected chi connectivity index (χ1v) is 6.99. The van der Waals surface area contributed by atoms with Gasteiger partial charge in [-0.15, -0.1) is 0 Å². The molecule has 6 heteroatoms. The van der Waals surface area contributed by atoms with Crippen LogP contribution in [0.4, 0.5) is 10.5 Å². The number of aliphatic carboxylic acids is 1. The molecule has 1 aromatic rings. The Morgan fingerprint density at radius 3 is 2.95 bits per heavy atom. The first-order chi connectivity index (χ1) is 10.0. The Morgan fingerprint density at radius 2 is 2.19 bits per heavy atom. The Labute approximate surface area is 122 Å². The van der Waals surface area contributed by atoms with Crippen molar-refractivity contribution in [2.24, 2.45) is 5.41 Å². The van der Waals surface area contributed by atoms with Crippen LogP contribution in [0, 0.1) is 5.41 Å². The lowest BCUT2D eigenvalue weighted by Gasteiger charge is -2.28. The summed E-state index contributed by atoms with van der Waals surface area (Å²) in [5.41, 5.74) is 0.955. The van der Waals surface area contributed by atoms with E-state index in [1.54, 1.807) is 11.8 Å².